The topological polar surface area (TPSA) is 68.3 Å². The van der Waals surface area contributed by atoms with Crippen LogP contribution in [0, 0.1) is 40.9 Å². The number of allylic oxidation sites excluding steroid dienone is 4. The van der Waals surface area contributed by atoms with Gasteiger partial charge < -0.3 is 0 Å². The van der Waals surface area contributed by atoms with E-state index in [0.717, 1.165) is 50.5 Å². The van der Waals surface area contributed by atoms with Crippen molar-refractivity contribution in [1.82, 2.24) is 0 Å². The Hall–Kier alpha value is -2.10. The molecular weight excluding hydrogens is 484 g/mol. The van der Waals surface area contributed by atoms with Gasteiger partial charge in [-0.2, -0.15) is 0 Å². The summed E-state index contributed by atoms with van der Waals surface area (Å²) in [7, 11) is 0. The third-order valence-electron chi connectivity index (χ3n) is 9.78. The number of hydrogen-bond acceptors (Lipinski definition) is 4. The second-order valence-corrected chi connectivity index (χ2v) is 13.0. The molecule has 4 nitrogen and oxygen atoms in total. The summed E-state index contributed by atoms with van der Waals surface area (Å²) in [5, 5.41) is 0. The van der Waals surface area contributed by atoms with Crippen molar-refractivity contribution in [2.75, 3.05) is 0 Å². The van der Waals surface area contributed by atoms with E-state index in [4.69, 9.17) is 0 Å². The van der Waals surface area contributed by atoms with Gasteiger partial charge in [0.1, 0.15) is 17.3 Å². The van der Waals surface area contributed by atoms with Gasteiger partial charge in [0.15, 0.2) is 5.78 Å². The fraction of sp³-hybridized carbons (Fsp3) is 0.714. The zero-order chi connectivity index (χ0) is 29.3. The summed E-state index contributed by atoms with van der Waals surface area (Å²) in [6.45, 7) is 20.1. The van der Waals surface area contributed by atoms with Gasteiger partial charge in [-0.25, -0.2) is 0 Å². The maximum atomic E-state index is 14.1. The zero-order valence-corrected chi connectivity index (χ0v) is 25.7. The molecule has 0 spiro atoms. The lowest BCUT2D eigenvalue weighted by atomic mass is 9.72. The van der Waals surface area contributed by atoms with E-state index in [-0.39, 0.29) is 83.8 Å². The summed E-state index contributed by atoms with van der Waals surface area (Å²) >= 11 is 0. The van der Waals surface area contributed by atoms with Crippen LogP contribution in [0.2, 0.25) is 0 Å². The van der Waals surface area contributed by atoms with Gasteiger partial charge in [0.2, 0.25) is 0 Å². The molecule has 0 radical (unpaired) electrons. The highest BCUT2D eigenvalue weighted by Gasteiger charge is 2.61. The molecule has 0 bridgehead atoms. The number of ketones is 4. The number of Topliss-reactive ketones (excluding diaryl/α,β-unsaturated/α-hetero) is 4. The van der Waals surface area contributed by atoms with Crippen LogP contribution in [0.5, 0.6) is 0 Å². The molecule has 2 fully saturated rings. The highest BCUT2D eigenvalue weighted by atomic mass is 16.1. The molecule has 2 saturated carbocycles. The monoisotopic (exact) mass is 538 g/mol. The van der Waals surface area contributed by atoms with Gasteiger partial charge in [0.25, 0.3) is 0 Å². The summed E-state index contributed by atoms with van der Waals surface area (Å²) in [4.78, 5) is 53.2. The predicted octanol–water partition coefficient (Wildman–Crippen LogP) is 8.44. The highest BCUT2D eigenvalue weighted by Crippen LogP contribution is 2.64. The SMILES string of the molecule is C=C(/C=C\C)CC(=O)CC(C(=O)CC(C(=O)CC(CCC)C(=C)C(C)=O)C1C(CC)C1(C)C)C1CCCCC1. The third kappa shape index (κ3) is 8.95. The van der Waals surface area contributed by atoms with E-state index in [9.17, 15) is 19.2 Å². The fourth-order valence-corrected chi connectivity index (χ4v) is 7.55. The Morgan fingerprint density at radius 3 is 2.05 bits per heavy atom. The van der Waals surface area contributed by atoms with E-state index in [2.05, 4.69) is 40.9 Å². The molecule has 5 unspecified atom stereocenters. The Labute approximate surface area is 238 Å². The van der Waals surface area contributed by atoms with Gasteiger partial charge in [-0.15, -0.1) is 0 Å². The normalized spacial score (nSPS) is 23.1. The molecule has 0 aromatic heterocycles. The van der Waals surface area contributed by atoms with Crippen molar-refractivity contribution in [3.05, 3.63) is 36.5 Å². The van der Waals surface area contributed by atoms with Crippen LogP contribution in [0.4, 0.5) is 0 Å². The van der Waals surface area contributed by atoms with Crippen LogP contribution in [0.1, 0.15) is 119 Å². The second-order valence-electron chi connectivity index (χ2n) is 13.0. The number of carbonyl (C=O) groups excluding carboxylic acids is 4. The first kappa shape index (κ1) is 33.1. The van der Waals surface area contributed by atoms with Crippen molar-refractivity contribution < 1.29 is 19.2 Å². The van der Waals surface area contributed by atoms with Crippen molar-refractivity contribution in [3.8, 4) is 0 Å². The molecule has 4 heteroatoms. The number of rotatable bonds is 18. The molecule has 0 heterocycles. The lowest BCUT2D eigenvalue weighted by Gasteiger charge is -2.30. The Bertz CT molecular complexity index is 946. The molecular formula is C35H54O4. The van der Waals surface area contributed by atoms with Crippen LogP contribution < -0.4 is 0 Å². The van der Waals surface area contributed by atoms with Crippen LogP contribution in [0.15, 0.2) is 36.5 Å². The van der Waals surface area contributed by atoms with E-state index in [1.54, 1.807) is 0 Å². The molecule has 0 amide bonds. The lowest BCUT2D eigenvalue weighted by molar-refractivity contribution is -0.134. The van der Waals surface area contributed by atoms with Crippen LogP contribution in [0.25, 0.3) is 0 Å². The lowest BCUT2D eigenvalue weighted by Crippen LogP contribution is -2.33. The van der Waals surface area contributed by atoms with Crippen LogP contribution >= 0.6 is 0 Å². The van der Waals surface area contributed by atoms with Gasteiger partial charge in [-0.3, -0.25) is 19.2 Å². The van der Waals surface area contributed by atoms with Crippen molar-refractivity contribution >= 4 is 23.1 Å². The maximum Gasteiger partial charge on any atom is 0.155 e. The average molecular weight is 539 g/mol. The smallest absolute Gasteiger partial charge is 0.155 e. The Balaban J connectivity index is 2.31. The first-order valence-corrected chi connectivity index (χ1v) is 15.5. The van der Waals surface area contributed by atoms with Gasteiger partial charge >= 0.3 is 0 Å². The second kappa shape index (κ2) is 15.1. The summed E-state index contributed by atoms with van der Waals surface area (Å²) in [5.74, 6) is 0.0684. The molecule has 0 N–H and O–H groups in total. The summed E-state index contributed by atoms with van der Waals surface area (Å²) in [6.07, 6.45) is 12.6. The summed E-state index contributed by atoms with van der Waals surface area (Å²) < 4.78 is 0. The standard InChI is InChI=1S/C35H54O4/c1-9-15-23(4)19-28(37)21-29(26-17-13-12-14-18-26)33(39)22-30(34-31(11-3)35(34,7)8)32(38)20-27(16-10-2)24(5)25(6)36/h9,15,26-27,29-31,34H,4-5,10-14,16-22H2,1-3,6-8H3/b15-9-. The van der Waals surface area contributed by atoms with E-state index >= 15 is 0 Å². The van der Waals surface area contributed by atoms with Crippen LogP contribution in [-0.4, -0.2) is 23.1 Å². The Morgan fingerprint density at radius 2 is 1.54 bits per heavy atom. The van der Waals surface area contributed by atoms with Gasteiger partial charge in [0.05, 0.1) is 0 Å². The number of hydrogen-bond donors (Lipinski definition) is 0. The maximum absolute atomic E-state index is 14.1. The third-order valence-corrected chi connectivity index (χ3v) is 9.78. The quantitative estimate of drug-likeness (QED) is 0.130. The molecule has 2 aliphatic carbocycles. The van der Waals surface area contributed by atoms with E-state index in [0.29, 0.717) is 11.5 Å². The van der Waals surface area contributed by atoms with E-state index in [1.807, 2.05) is 19.1 Å². The first-order chi connectivity index (χ1) is 18.4. The van der Waals surface area contributed by atoms with Gasteiger partial charge in [-0.05, 0) is 73.3 Å². The minimum absolute atomic E-state index is 0.00752. The molecule has 0 aliphatic heterocycles. The average Bonchev–Trinajstić information content (AvgIpc) is 3.44. The van der Waals surface area contributed by atoms with Gasteiger partial charge in [0, 0.05) is 37.5 Å². The molecule has 5 atom stereocenters. The van der Waals surface area contributed by atoms with Crippen molar-refractivity contribution in [1.29, 1.82) is 0 Å². The largest absolute Gasteiger partial charge is 0.299 e. The Kier molecular flexibility index (Phi) is 12.8. The van der Waals surface area contributed by atoms with E-state index < -0.39 is 0 Å². The zero-order valence-electron chi connectivity index (χ0n) is 25.7. The van der Waals surface area contributed by atoms with Crippen LogP contribution in [0.3, 0.4) is 0 Å². The van der Waals surface area contributed by atoms with Gasteiger partial charge in [-0.1, -0.05) is 85.1 Å². The molecule has 0 aromatic rings. The molecule has 2 aliphatic rings. The fourth-order valence-electron chi connectivity index (χ4n) is 7.55. The Morgan fingerprint density at radius 1 is 0.923 bits per heavy atom. The molecule has 39 heavy (non-hydrogen) atoms. The molecule has 2 rings (SSSR count). The minimum atomic E-state index is -0.365. The van der Waals surface area contributed by atoms with Crippen molar-refractivity contribution in [3.63, 3.8) is 0 Å². The van der Waals surface area contributed by atoms with E-state index in [1.165, 1.54) is 13.3 Å². The van der Waals surface area contributed by atoms with Crippen molar-refractivity contribution in [2.24, 2.45) is 40.9 Å². The molecule has 0 saturated heterocycles. The minimum Gasteiger partial charge on any atom is -0.299 e. The summed E-state index contributed by atoms with van der Waals surface area (Å²) in [5.41, 5.74) is 1.29. The predicted molar refractivity (Wildman–Crippen MR) is 160 cm³/mol. The summed E-state index contributed by atoms with van der Waals surface area (Å²) in [6, 6.07) is 0. The molecule has 218 valence electrons. The molecule has 0 aromatic carbocycles. The highest BCUT2D eigenvalue weighted by molar-refractivity contribution is 5.96. The van der Waals surface area contributed by atoms with Crippen molar-refractivity contribution in [2.45, 2.75) is 119 Å². The van der Waals surface area contributed by atoms with Crippen LogP contribution in [-0.2, 0) is 19.2 Å². The number of carbonyl (C=O) groups is 4. The first-order valence-electron chi connectivity index (χ1n) is 15.5.